The fourth-order valence-corrected chi connectivity index (χ4v) is 4.14. The number of aryl methyl sites for hydroxylation is 2. The third-order valence-corrected chi connectivity index (χ3v) is 5.28. The zero-order valence-corrected chi connectivity index (χ0v) is 17.5. The Morgan fingerprint density at radius 2 is 1.89 bits per heavy atom. The molecular weight excluding hydrogens is 338 g/mol. The van der Waals surface area contributed by atoms with Crippen LogP contribution in [-0.2, 0) is 4.79 Å². The summed E-state index contributed by atoms with van der Waals surface area (Å²) < 4.78 is 0. The Morgan fingerprint density at radius 3 is 2.44 bits per heavy atom. The van der Waals surface area contributed by atoms with E-state index in [0.717, 1.165) is 30.4 Å². The molecule has 1 aliphatic rings. The Balaban J connectivity index is 2.06. The van der Waals surface area contributed by atoms with E-state index in [9.17, 15) is 9.59 Å². The highest BCUT2D eigenvalue weighted by Crippen LogP contribution is 2.22. The van der Waals surface area contributed by atoms with Crippen LogP contribution in [0.15, 0.2) is 18.2 Å². The molecule has 0 aliphatic carbocycles. The largest absolute Gasteiger partial charge is 0.349 e. The lowest BCUT2D eigenvalue weighted by atomic mass is 9.89. The number of nitrogens with one attached hydrogen (secondary N) is 1. The third kappa shape index (κ3) is 5.80. The van der Waals surface area contributed by atoms with Crippen molar-refractivity contribution in [3.8, 4) is 0 Å². The van der Waals surface area contributed by atoms with E-state index in [1.54, 1.807) is 0 Å². The van der Waals surface area contributed by atoms with E-state index in [1.807, 2.05) is 37.8 Å². The molecule has 0 spiro atoms. The minimum Gasteiger partial charge on any atom is -0.349 e. The van der Waals surface area contributed by atoms with Gasteiger partial charge in [-0.2, -0.15) is 0 Å². The number of carbonyl (C=O) groups is 2. The van der Waals surface area contributed by atoms with E-state index in [0.29, 0.717) is 31.1 Å². The van der Waals surface area contributed by atoms with Gasteiger partial charge in [0.05, 0.1) is 5.92 Å². The van der Waals surface area contributed by atoms with Crippen LogP contribution >= 0.6 is 0 Å². The van der Waals surface area contributed by atoms with Crippen LogP contribution in [0.1, 0.15) is 61.5 Å². The van der Waals surface area contributed by atoms with Gasteiger partial charge in [-0.3, -0.25) is 9.59 Å². The minimum atomic E-state index is -0.398. The molecule has 1 aromatic carbocycles. The third-order valence-electron chi connectivity index (χ3n) is 5.28. The number of benzene rings is 1. The number of nitrogens with zero attached hydrogens (tertiary/aromatic N) is 1. The second kappa shape index (κ2) is 8.87. The van der Waals surface area contributed by atoms with Crippen molar-refractivity contribution < 1.29 is 9.59 Å². The minimum absolute atomic E-state index is 0.0153. The van der Waals surface area contributed by atoms with Crippen molar-refractivity contribution in [1.29, 1.82) is 0 Å². The Morgan fingerprint density at radius 1 is 1.26 bits per heavy atom. The summed E-state index contributed by atoms with van der Waals surface area (Å²) in [5.41, 5.74) is 8.41. The summed E-state index contributed by atoms with van der Waals surface area (Å²) in [4.78, 5) is 27.6. The first-order valence-corrected chi connectivity index (χ1v) is 10.0. The first kappa shape index (κ1) is 21.4. The van der Waals surface area contributed by atoms with Crippen LogP contribution in [0.4, 0.5) is 0 Å². The molecule has 5 heteroatoms. The van der Waals surface area contributed by atoms with Crippen LogP contribution in [0.5, 0.6) is 0 Å². The van der Waals surface area contributed by atoms with Gasteiger partial charge in [0.2, 0.25) is 5.91 Å². The van der Waals surface area contributed by atoms with Gasteiger partial charge < -0.3 is 16.0 Å². The van der Waals surface area contributed by atoms with Crippen LogP contribution in [-0.4, -0.2) is 41.9 Å². The van der Waals surface area contributed by atoms with Crippen molar-refractivity contribution in [3.63, 3.8) is 0 Å². The van der Waals surface area contributed by atoms with E-state index >= 15 is 0 Å². The molecule has 0 saturated carbocycles. The van der Waals surface area contributed by atoms with Crippen LogP contribution in [0, 0.1) is 25.7 Å². The smallest absolute Gasteiger partial charge is 0.253 e. The maximum atomic E-state index is 12.9. The molecule has 2 amide bonds. The quantitative estimate of drug-likeness (QED) is 0.805. The number of likely N-dealkylation sites (tertiary alicyclic amines) is 1. The van der Waals surface area contributed by atoms with Crippen LogP contribution in [0.2, 0.25) is 0 Å². The van der Waals surface area contributed by atoms with E-state index in [1.165, 1.54) is 0 Å². The highest BCUT2D eigenvalue weighted by Gasteiger charge is 2.33. The predicted octanol–water partition coefficient (Wildman–Crippen LogP) is 3.04. The maximum absolute atomic E-state index is 12.9. The zero-order valence-electron chi connectivity index (χ0n) is 17.5. The van der Waals surface area contributed by atoms with Gasteiger partial charge in [0, 0.05) is 30.7 Å². The Kier molecular flexibility index (Phi) is 7.04. The molecule has 1 fully saturated rings. The van der Waals surface area contributed by atoms with E-state index in [-0.39, 0.29) is 17.7 Å². The van der Waals surface area contributed by atoms with Gasteiger partial charge in [0.1, 0.15) is 0 Å². The maximum Gasteiger partial charge on any atom is 0.253 e. The van der Waals surface area contributed by atoms with Gasteiger partial charge >= 0.3 is 0 Å². The van der Waals surface area contributed by atoms with Crippen LogP contribution in [0.3, 0.4) is 0 Å². The summed E-state index contributed by atoms with van der Waals surface area (Å²) in [6.45, 7) is 11.9. The molecule has 1 heterocycles. The molecule has 2 unspecified atom stereocenters. The van der Waals surface area contributed by atoms with Gasteiger partial charge in [0.25, 0.3) is 5.91 Å². The molecule has 1 aromatic rings. The summed E-state index contributed by atoms with van der Waals surface area (Å²) >= 11 is 0. The molecule has 150 valence electrons. The molecule has 5 nitrogen and oxygen atoms in total. The number of carbonyl (C=O) groups excluding carboxylic acids is 2. The highest BCUT2D eigenvalue weighted by atomic mass is 16.2. The molecule has 27 heavy (non-hydrogen) atoms. The van der Waals surface area contributed by atoms with Crippen LogP contribution < -0.4 is 11.1 Å². The normalized spacial score (nSPS) is 19.7. The Bertz CT molecular complexity index is 666. The zero-order chi connectivity index (χ0) is 20.2. The molecule has 0 radical (unpaired) electrons. The summed E-state index contributed by atoms with van der Waals surface area (Å²) in [5.74, 6) is 0.309. The van der Waals surface area contributed by atoms with Crippen molar-refractivity contribution >= 4 is 11.8 Å². The number of piperidine rings is 1. The Hall–Kier alpha value is -1.88. The lowest BCUT2D eigenvalue weighted by molar-refractivity contribution is -0.128. The number of rotatable bonds is 6. The molecule has 2 rings (SSSR count). The van der Waals surface area contributed by atoms with Gasteiger partial charge in [-0.1, -0.05) is 31.0 Å². The topological polar surface area (TPSA) is 75.4 Å². The van der Waals surface area contributed by atoms with Gasteiger partial charge in [0.15, 0.2) is 0 Å². The fourth-order valence-electron chi connectivity index (χ4n) is 4.14. The van der Waals surface area contributed by atoms with Gasteiger partial charge in [-0.25, -0.2) is 0 Å². The lowest BCUT2D eigenvalue weighted by Crippen LogP contribution is -2.55. The number of hydrogen-bond donors (Lipinski definition) is 2. The van der Waals surface area contributed by atoms with Crippen molar-refractivity contribution in [2.24, 2.45) is 17.6 Å². The molecular formula is C22H35N3O2. The van der Waals surface area contributed by atoms with Gasteiger partial charge in [-0.05, 0) is 58.1 Å². The van der Waals surface area contributed by atoms with Gasteiger partial charge in [-0.15, -0.1) is 0 Å². The lowest BCUT2D eigenvalue weighted by Gasteiger charge is -2.36. The molecule has 1 saturated heterocycles. The first-order chi connectivity index (χ1) is 12.6. The average Bonchev–Trinajstić information content (AvgIpc) is 2.59. The molecule has 3 N–H and O–H groups in total. The van der Waals surface area contributed by atoms with Crippen molar-refractivity contribution in [3.05, 3.63) is 34.9 Å². The predicted molar refractivity (Wildman–Crippen MR) is 110 cm³/mol. The Labute approximate surface area is 163 Å². The summed E-state index contributed by atoms with van der Waals surface area (Å²) in [6.07, 6.45) is 2.50. The average molecular weight is 374 g/mol. The summed E-state index contributed by atoms with van der Waals surface area (Å²) in [5, 5.41) is 3.16. The molecule has 0 aromatic heterocycles. The standard InChI is InChI=1S/C22H35N3O2/c1-15(2)12-22(5,14-23)24-20(26)18-7-6-8-25(13-18)21(27)19-10-16(3)9-17(4)11-19/h9-11,15,18H,6-8,12-14,23H2,1-5H3,(H,24,26). The second-order valence-corrected chi connectivity index (χ2v) is 8.82. The number of nitrogens with two attached hydrogens (primary N) is 1. The first-order valence-electron chi connectivity index (χ1n) is 10.0. The number of hydrogen-bond acceptors (Lipinski definition) is 3. The van der Waals surface area contributed by atoms with E-state index in [4.69, 9.17) is 5.73 Å². The van der Waals surface area contributed by atoms with Crippen molar-refractivity contribution in [1.82, 2.24) is 10.2 Å². The van der Waals surface area contributed by atoms with E-state index in [2.05, 4.69) is 25.2 Å². The fraction of sp³-hybridized carbons (Fsp3) is 0.636. The molecule has 1 aliphatic heterocycles. The van der Waals surface area contributed by atoms with Crippen molar-refractivity contribution in [2.45, 2.75) is 59.4 Å². The van der Waals surface area contributed by atoms with E-state index < -0.39 is 5.54 Å². The molecule has 0 bridgehead atoms. The summed E-state index contributed by atoms with van der Waals surface area (Å²) in [7, 11) is 0. The van der Waals surface area contributed by atoms with Crippen molar-refractivity contribution in [2.75, 3.05) is 19.6 Å². The SMILES string of the molecule is Cc1cc(C)cc(C(=O)N2CCCC(C(=O)NC(C)(CN)CC(C)C)C2)c1. The molecule has 2 atom stereocenters. The van der Waals surface area contributed by atoms with Crippen LogP contribution in [0.25, 0.3) is 0 Å². The monoisotopic (exact) mass is 373 g/mol. The highest BCUT2D eigenvalue weighted by molar-refractivity contribution is 5.95. The second-order valence-electron chi connectivity index (χ2n) is 8.82. The number of amides is 2. The summed E-state index contributed by atoms with van der Waals surface area (Å²) in [6, 6.07) is 5.91.